The summed E-state index contributed by atoms with van der Waals surface area (Å²) >= 11 is 1.61. The SMILES string of the molecule is CSC(=C\C#N)/C=C(\c1ccccc1)N1CCCC1. The summed E-state index contributed by atoms with van der Waals surface area (Å²) in [7, 11) is 0. The Morgan fingerprint density at radius 2 is 1.95 bits per heavy atom. The third kappa shape index (κ3) is 3.65. The second-order valence-electron chi connectivity index (χ2n) is 4.47. The van der Waals surface area contributed by atoms with E-state index >= 15 is 0 Å². The molecule has 1 aliphatic heterocycles. The number of hydrogen-bond acceptors (Lipinski definition) is 3. The van der Waals surface area contributed by atoms with Crippen LogP contribution in [0.5, 0.6) is 0 Å². The number of rotatable bonds is 4. The minimum absolute atomic E-state index is 1.01. The first-order chi connectivity index (χ1) is 9.35. The van der Waals surface area contributed by atoms with Gasteiger partial charge in [0.15, 0.2) is 0 Å². The molecule has 19 heavy (non-hydrogen) atoms. The van der Waals surface area contributed by atoms with E-state index in [1.807, 2.05) is 12.3 Å². The van der Waals surface area contributed by atoms with Gasteiger partial charge in [-0.3, -0.25) is 0 Å². The molecule has 3 heteroatoms. The van der Waals surface area contributed by atoms with Crippen molar-refractivity contribution in [2.45, 2.75) is 12.8 Å². The molecule has 0 aromatic heterocycles. The summed E-state index contributed by atoms with van der Waals surface area (Å²) in [4.78, 5) is 3.42. The molecule has 98 valence electrons. The third-order valence-electron chi connectivity index (χ3n) is 3.24. The van der Waals surface area contributed by atoms with E-state index in [4.69, 9.17) is 5.26 Å². The molecule has 0 unspecified atom stereocenters. The van der Waals surface area contributed by atoms with Crippen LogP contribution in [0.25, 0.3) is 5.70 Å². The fourth-order valence-corrected chi connectivity index (χ4v) is 2.68. The zero-order valence-electron chi connectivity index (χ0n) is 11.2. The van der Waals surface area contributed by atoms with Crippen molar-refractivity contribution in [2.24, 2.45) is 0 Å². The quantitative estimate of drug-likeness (QED) is 0.613. The van der Waals surface area contributed by atoms with Crippen LogP contribution >= 0.6 is 11.8 Å². The Morgan fingerprint density at radius 3 is 2.53 bits per heavy atom. The molecule has 1 heterocycles. The van der Waals surface area contributed by atoms with E-state index in [1.54, 1.807) is 17.8 Å². The molecule has 2 rings (SSSR count). The maximum atomic E-state index is 8.83. The van der Waals surface area contributed by atoms with Crippen molar-refractivity contribution in [2.75, 3.05) is 19.3 Å². The molecule has 0 aliphatic carbocycles. The van der Waals surface area contributed by atoms with Crippen molar-refractivity contribution in [1.82, 2.24) is 4.90 Å². The van der Waals surface area contributed by atoms with Gasteiger partial charge in [0.25, 0.3) is 0 Å². The van der Waals surface area contributed by atoms with E-state index in [1.165, 1.54) is 24.1 Å². The average Bonchev–Trinajstić information content (AvgIpc) is 2.98. The van der Waals surface area contributed by atoms with Crippen LogP contribution in [0.4, 0.5) is 0 Å². The summed E-state index contributed by atoms with van der Waals surface area (Å²) in [6.45, 7) is 2.21. The van der Waals surface area contributed by atoms with Crippen LogP contribution in [0.2, 0.25) is 0 Å². The molecule has 1 aliphatic rings. The summed E-state index contributed by atoms with van der Waals surface area (Å²) in [5.41, 5.74) is 2.45. The van der Waals surface area contributed by atoms with Crippen molar-refractivity contribution in [3.8, 4) is 6.07 Å². The van der Waals surface area contributed by atoms with Gasteiger partial charge in [0.1, 0.15) is 0 Å². The Kier molecular flexibility index (Phi) is 5.11. The van der Waals surface area contributed by atoms with Crippen LogP contribution in [-0.2, 0) is 0 Å². The van der Waals surface area contributed by atoms with Gasteiger partial charge in [-0.15, -0.1) is 11.8 Å². The fraction of sp³-hybridized carbons (Fsp3) is 0.312. The highest BCUT2D eigenvalue weighted by Crippen LogP contribution is 2.27. The molecule has 1 aromatic rings. The first-order valence-corrected chi connectivity index (χ1v) is 7.73. The molecular weight excluding hydrogens is 252 g/mol. The van der Waals surface area contributed by atoms with Crippen molar-refractivity contribution >= 4 is 17.5 Å². The first kappa shape index (κ1) is 13.8. The predicted octanol–water partition coefficient (Wildman–Crippen LogP) is 3.89. The molecule has 1 aromatic carbocycles. The molecular formula is C16H18N2S. The van der Waals surface area contributed by atoms with Gasteiger partial charge in [0, 0.05) is 29.8 Å². The van der Waals surface area contributed by atoms with Gasteiger partial charge in [-0.2, -0.15) is 5.26 Å². The molecule has 0 spiro atoms. The van der Waals surface area contributed by atoms with Crippen LogP contribution in [0.1, 0.15) is 18.4 Å². The Bertz CT molecular complexity index is 505. The number of thioether (sulfide) groups is 1. The van der Waals surface area contributed by atoms with Gasteiger partial charge in [0.05, 0.1) is 6.07 Å². The minimum atomic E-state index is 1.01. The summed E-state index contributed by atoms with van der Waals surface area (Å²) < 4.78 is 0. The monoisotopic (exact) mass is 270 g/mol. The number of nitrogens with zero attached hydrogens (tertiary/aromatic N) is 2. The summed E-state index contributed by atoms with van der Waals surface area (Å²) in [5, 5.41) is 8.83. The van der Waals surface area contributed by atoms with E-state index in [9.17, 15) is 0 Å². The maximum Gasteiger partial charge on any atom is 0.0923 e. The summed E-state index contributed by atoms with van der Waals surface area (Å²) in [6.07, 6.45) is 8.26. The second-order valence-corrected chi connectivity index (χ2v) is 5.35. The van der Waals surface area contributed by atoms with E-state index in [-0.39, 0.29) is 0 Å². The van der Waals surface area contributed by atoms with E-state index in [0.29, 0.717) is 0 Å². The van der Waals surface area contributed by atoms with Crippen LogP contribution in [-0.4, -0.2) is 24.2 Å². The zero-order valence-corrected chi connectivity index (χ0v) is 12.0. The van der Waals surface area contributed by atoms with E-state index in [2.05, 4.69) is 41.3 Å². The lowest BCUT2D eigenvalue weighted by Crippen LogP contribution is -2.17. The lowest BCUT2D eigenvalue weighted by atomic mass is 10.1. The van der Waals surface area contributed by atoms with Crippen LogP contribution in [0, 0.1) is 11.3 Å². The molecule has 2 nitrogen and oxygen atoms in total. The van der Waals surface area contributed by atoms with Gasteiger partial charge in [0.2, 0.25) is 0 Å². The third-order valence-corrected chi connectivity index (χ3v) is 3.94. The molecule has 0 amide bonds. The van der Waals surface area contributed by atoms with Crippen LogP contribution in [0.15, 0.2) is 47.4 Å². The maximum absolute atomic E-state index is 8.83. The second kappa shape index (κ2) is 7.06. The molecule has 0 bridgehead atoms. The van der Waals surface area contributed by atoms with Gasteiger partial charge >= 0.3 is 0 Å². The number of benzene rings is 1. The van der Waals surface area contributed by atoms with Gasteiger partial charge in [-0.1, -0.05) is 30.3 Å². The Labute approximate surface area is 119 Å². The van der Waals surface area contributed by atoms with Gasteiger partial charge < -0.3 is 4.90 Å². The smallest absolute Gasteiger partial charge is 0.0923 e. The Hall–Kier alpha value is -1.66. The van der Waals surface area contributed by atoms with Gasteiger partial charge in [-0.05, 0) is 30.7 Å². The van der Waals surface area contributed by atoms with Crippen molar-refractivity contribution in [3.05, 3.63) is 53.0 Å². The van der Waals surface area contributed by atoms with Crippen LogP contribution in [0.3, 0.4) is 0 Å². The van der Waals surface area contributed by atoms with E-state index in [0.717, 1.165) is 18.0 Å². The minimum Gasteiger partial charge on any atom is -0.371 e. The molecule has 0 radical (unpaired) electrons. The zero-order chi connectivity index (χ0) is 13.5. The molecule has 0 saturated carbocycles. The summed E-state index contributed by atoms with van der Waals surface area (Å²) in [5.74, 6) is 0. The van der Waals surface area contributed by atoms with E-state index < -0.39 is 0 Å². The number of allylic oxidation sites excluding steroid dienone is 2. The fourth-order valence-electron chi connectivity index (χ4n) is 2.28. The number of likely N-dealkylation sites (tertiary alicyclic amines) is 1. The highest BCUT2D eigenvalue weighted by Gasteiger charge is 2.16. The van der Waals surface area contributed by atoms with Crippen molar-refractivity contribution in [1.29, 1.82) is 5.26 Å². The highest BCUT2D eigenvalue weighted by atomic mass is 32.2. The molecule has 0 atom stereocenters. The first-order valence-electron chi connectivity index (χ1n) is 6.51. The van der Waals surface area contributed by atoms with Crippen LogP contribution < -0.4 is 0 Å². The van der Waals surface area contributed by atoms with Crippen molar-refractivity contribution < 1.29 is 0 Å². The highest BCUT2D eigenvalue weighted by molar-refractivity contribution is 8.02. The predicted molar refractivity (Wildman–Crippen MR) is 82.4 cm³/mol. The van der Waals surface area contributed by atoms with Crippen molar-refractivity contribution in [3.63, 3.8) is 0 Å². The molecule has 1 saturated heterocycles. The Morgan fingerprint density at radius 1 is 1.26 bits per heavy atom. The lowest BCUT2D eigenvalue weighted by Gasteiger charge is -2.22. The lowest BCUT2D eigenvalue weighted by molar-refractivity contribution is 0.493. The molecule has 1 fully saturated rings. The average molecular weight is 270 g/mol. The normalized spacial score (nSPS) is 16.5. The largest absolute Gasteiger partial charge is 0.371 e. The molecule has 0 N–H and O–H groups in total. The summed E-state index contributed by atoms with van der Waals surface area (Å²) in [6, 6.07) is 12.5. The number of nitriles is 1. The number of hydrogen-bond donors (Lipinski definition) is 0. The standard InChI is InChI=1S/C16H18N2S/c1-19-15(9-10-17)13-16(18-11-5-6-12-18)14-7-3-2-4-8-14/h2-4,7-9,13H,5-6,11-12H2,1H3/b15-9-,16-13+. The Balaban J connectivity index is 2.37. The van der Waals surface area contributed by atoms with Gasteiger partial charge in [-0.25, -0.2) is 0 Å². The topological polar surface area (TPSA) is 27.0 Å².